The highest BCUT2D eigenvalue weighted by Crippen LogP contribution is 2.24. The minimum Gasteiger partial charge on any atom is -0.340 e. The number of piperazine rings is 1. The molecule has 2 rings (SSSR count). The molecule has 0 bridgehead atoms. The van der Waals surface area contributed by atoms with Crippen molar-refractivity contribution in [1.82, 2.24) is 9.21 Å². The van der Waals surface area contributed by atoms with Gasteiger partial charge in [0.25, 0.3) is 10.2 Å². The predicted octanol–water partition coefficient (Wildman–Crippen LogP) is -0.758. The lowest BCUT2D eigenvalue weighted by Gasteiger charge is -2.35. The van der Waals surface area contributed by atoms with Crippen molar-refractivity contribution in [2.75, 3.05) is 26.2 Å². The number of nitrogens with zero attached hydrogens (tertiary/aromatic N) is 2. The Kier molecular flexibility index (Phi) is 5.00. The molecule has 20 heavy (non-hydrogen) atoms. The molecule has 0 aromatic rings. The van der Waals surface area contributed by atoms with Crippen molar-refractivity contribution in [3.8, 4) is 0 Å². The van der Waals surface area contributed by atoms with E-state index >= 15 is 0 Å². The second-order valence-electron chi connectivity index (χ2n) is 5.68. The second-order valence-corrected chi connectivity index (χ2v) is 7.22. The van der Waals surface area contributed by atoms with E-state index in [1.54, 1.807) is 4.90 Å². The van der Waals surface area contributed by atoms with Crippen LogP contribution in [0.3, 0.4) is 0 Å². The van der Waals surface area contributed by atoms with Crippen LogP contribution in [0, 0.1) is 5.92 Å². The van der Waals surface area contributed by atoms with Gasteiger partial charge in [-0.1, -0.05) is 19.3 Å². The van der Waals surface area contributed by atoms with Crippen molar-refractivity contribution in [2.45, 2.75) is 38.1 Å². The summed E-state index contributed by atoms with van der Waals surface area (Å²) in [6.07, 6.45) is 5.00. The van der Waals surface area contributed by atoms with Gasteiger partial charge in [-0.05, 0) is 12.8 Å². The SMILES string of the molecule is NC1CCCCCC1C(=O)N1CCN(S(N)(=O)=O)CC1. The minimum atomic E-state index is -3.65. The van der Waals surface area contributed by atoms with Crippen LogP contribution in [-0.4, -0.2) is 55.8 Å². The van der Waals surface area contributed by atoms with E-state index in [0.29, 0.717) is 13.1 Å². The monoisotopic (exact) mass is 304 g/mol. The molecule has 2 atom stereocenters. The van der Waals surface area contributed by atoms with Gasteiger partial charge in [-0.3, -0.25) is 4.79 Å². The standard InChI is InChI=1S/C12H24N4O3S/c13-11-5-3-1-2-4-10(11)12(17)15-6-8-16(9-7-15)20(14,18)19/h10-11H,1-9,13H2,(H2,14,18,19). The summed E-state index contributed by atoms with van der Waals surface area (Å²) in [5.41, 5.74) is 6.11. The van der Waals surface area contributed by atoms with E-state index in [1.165, 1.54) is 4.31 Å². The second kappa shape index (κ2) is 6.38. The highest BCUT2D eigenvalue weighted by atomic mass is 32.2. The molecule has 1 aliphatic carbocycles. The summed E-state index contributed by atoms with van der Waals surface area (Å²) in [7, 11) is -3.65. The summed E-state index contributed by atoms with van der Waals surface area (Å²) in [5.74, 6) is -0.0352. The Morgan fingerprint density at radius 1 is 1.00 bits per heavy atom. The quantitative estimate of drug-likeness (QED) is 0.653. The lowest BCUT2D eigenvalue weighted by molar-refractivity contribution is -0.137. The number of amides is 1. The third-order valence-electron chi connectivity index (χ3n) is 4.30. The first-order valence-electron chi connectivity index (χ1n) is 7.22. The summed E-state index contributed by atoms with van der Waals surface area (Å²) in [6, 6.07) is -0.0683. The first kappa shape index (κ1) is 15.7. The zero-order valence-electron chi connectivity index (χ0n) is 11.7. The number of hydrogen-bond acceptors (Lipinski definition) is 4. The third kappa shape index (κ3) is 3.69. The van der Waals surface area contributed by atoms with E-state index in [9.17, 15) is 13.2 Å². The van der Waals surface area contributed by atoms with Crippen LogP contribution in [0.25, 0.3) is 0 Å². The summed E-state index contributed by atoms with van der Waals surface area (Å²) < 4.78 is 23.7. The van der Waals surface area contributed by atoms with Crippen LogP contribution in [0.2, 0.25) is 0 Å². The first-order valence-corrected chi connectivity index (χ1v) is 8.72. The Balaban J connectivity index is 1.94. The minimum absolute atomic E-state index is 0.0683. The maximum absolute atomic E-state index is 12.5. The Labute approximate surface area is 120 Å². The molecule has 1 saturated heterocycles. The normalized spacial score (nSPS) is 30.0. The topological polar surface area (TPSA) is 110 Å². The summed E-state index contributed by atoms with van der Waals surface area (Å²) in [5, 5.41) is 5.09. The molecular weight excluding hydrogens is 280 g/mol. The van der Waals surface area contributed by atoms with Gasteiger partial charge in [0.2, 0.25) is 5.91 Å². The Hall–Kier alpha value is -0.700. The van der Waals surface area contributed by atoms with Crippen LogP contribution >= 0.6 is 0 Å². The molecular formula is C12H24N4O3S. The number of nitrogens with two attached hydrogens (primary N) is 2. The molecule has 2 unspecified atom stereocenters. The summed E-state index contributed by atoms with van der Waals surface area (Å²) in [4.78, 5) is 14.3. The molecule has 1 heterocycles. The Morgan fingerprint density at radius 3 is 2.20 bits per heavy atom. The number of rotatable bonds is 2. The molecule has 116 valence electrons. The lowest BCUT2D eigenvalue weighted by Crippen LogP contribution is -2.54. The predicted molar refractivity (Wildman–Crippen MR) is 75.8 cm³/mol. The molecule has 1 aliphatic heterocycles. The van der Waals surface area contributed by atoms with Gasteiger partial charge >= 0.3 is 0 Å². The zero-order chi connectivity index (χ0) is 14.8. The van der Waals surface area contributed by atoms with Crippen molar-refractivity contribution in [3.05, 3.63) is 0 Å². The van der Waals surface area contributed by atoms with Gasteiger partial charge in [-0.25, -0.2) is 5.14 Å². The van der Waals surface area contributed by atoms with E-state index in [-0.39, 0.29) is 31.0 Å². The van der Waals surface area contributed by atoms with Gasteiger partial charge in [-0.15, -0.1) is 0 Å². The summed E-state index contributed by atoms with van der Waals surface area (Å²) >= 11 is 0. The van der Waals surface area contributed by atoms with Crippen molar-refractivity contribution in [3.63, 3.8) is 0 Å². The molecule has 0 aromatic heterocycles. The maximum Gasteiger partial charge on any atom is 0.277 e. The molecule has 1 amide bonds. The fourth-order valence-corrected chi connectivity index (χ4v) is 3.71. The van der Waals surface area contributed by atoms with E-state index in [4.69, 9.17) is 10.9 Å². The van der Waals surface area contributed by atoms with E-state index in [2.05, 4.69) is 0 Å². The highest BCUT2D eigenvalue weighted by molar-refractivity contribution is 7.86. The summed E-state index contributed by atoms with van der Waals surface area (Å²) in [6.45, 7) is 1.34. The van der Waals surface area contributed by atoms with E-state index in [1.807, 2.05) is 0 Å². The van der Waals surface area contributed by atoms with E-state index < -0.39 is 10.2 Å². The molecule has 0 spiro atoms. The van der Waals surface area contributed by atoms with Crippen molar-refractivity contribution in [1.29, 1.82) is 0 Å². The smallest absolute Gasteiger partial charge is 0.277 e. The van der Waals surface area contributed by atoms with Crippen LogP contribution < -0.4 is 10.9 Å². The molecule has 8 heteroatoms. The van der Waals surface area contributed by atoms with Gasteiger partial charge < -0.3 is 10.6 Å². The van der Waals surface area contributed by atoms with Crippen molar-refractivity contribution >= 4 is 16.1 Å². The van der Waals surface area contributed by atoms with Gasteiger partial charge in [0.15, 0.2) is 0 Å². The van der Waals surface area contributed by atoms with Crippen LogP contribution in [-0.2, 0) is 15.0 Å². The number of hydrogen-bond donors (Lipinski definition) is 2. The van der Waals surface area contributed by atoms with Gasteiger partial charge in [0.05, 0.1) is 5.92 Å². The highest BCUT2D eigenvalue weighted by Gasteiger charge is 2.33. The molecule has 7 nitrogen and oxygen atoms in total. The Morgan fingerprint density at radius 2 is 1.60 bits per heavy atom. The van der Waals surface area contributed by atoms with Crippen LogP contribution in [0.4, 0.5) is 0 Å². The van der Waals surface area contributed by atoms with Crippen molar-refractivity contribution < 1.29 is 13.2 Å². The molecule has 1 saturated carbocycles. The number of carbonyl (C=O) groups excluding carboxylic acids is 1. The maximum atomic E-state index is 12.5. The zero-order valence-corrected chi connectivity index (χ0v) is 12.5. The largest absolute Gasteiger partial charge is 0.340 e. The number of carbonyl (C=O) groups is 1. The molecule has 0 aromatic carbocycles. The van der Waals surface area contributed by atoms with Crippen LogP contribution in [0.15, 0.2) is 0 Å². The molecule has 2 aliphatic rings. The van der Waals surface area contributed by atoms with E-state index in [0.717, 1.165) is 32.1 Å². The lowest BCUT2D eigenvalue weighted by atomic mass is 9.94. The van der Waals surface area contributed by atoms with Gasteiger partial charge in [0.1, 0.15) is 0 Å². The average Bonchev–Trinajstić information content (AvgIpc) is 2.62. The molecule has 4 N–H and O–H groups in total. The van der Waals surface area contributed by atoms with Gasteiger partial charge in [0, 0.05) is 32.2 Å². The molecule has 2 fully saturated rings. The third-order valence-corrected chi connectivity index (χ3v) is 5.38. The Bertz CT molecular complexity index is 446. The van der Waals surface area contributed by atoms with Gasteiger partial charge in [-0.2, -0.15) is 12.7 Å². The van der Waals surface area contributed by atoms with Crippen LogP contribution in [0.5, 0.6) is 0 Å². The van der Waals surface area contributed by atoms with Crippen molar-refractivity contribution in [2.24, 2.45) is 16.8 Å². The fraction of sp³-hybridized carbons (Fsp3) is 0.917. The molecule has 0 radical (unpaired) electrons. The first-order chi connectivity index (χ1) is 9.39. The fourth-order valence-electron chi connectivity index (χ4n) is 3.04. The van der Waals surface area contributed by atoms with Crippen LogP contribution in [0.1, 0.15) is 32.1 Å². The average molecular weight is 304 g/mol.